The van der Waals surface area contributed by atoms with Crippen molar-refractivity contribution in [1.29, 1.82) is 0 Å². The van der Waals surface area contributed by atoms with Crippen LogP contribution in [-0.2, 0) is 4.79 Å². The number of hydrogen-bond acceptors (Lipinski definition) is 4. The zero-order valence-electron chi connectivity index (χ0n) is 6.53. The van der Waals surface area contributed by atoms with Crippen LogP contribution in [-0.4, -0.2) is 29.1 Å². The van der Waals surface area contributed by atoms with Gasteiger partial charge in [0.05, 0.1) is 6.54 Å². The van der Waals surface area contributed by atoms with Crippen LogP contribution in [0.25, 0.3) is 0 Å². The summed E-state index contributed by atoms with van der Waals surface area (Å²) in [6.45, 7) is 1.15. The van der Waals surface area contributed by atoms with Gasteiger partial charge >= 0.3 is 0 Å². The molecule has 1 amide bonds. The Morgan fingerprint density at radius 1 is 1.42 bits per heavy atom. The molecule has 5 heteroatoms. The Balaban J connectivity index is 1.97. The molecule has 2 rings (SSSR count). The van der Waals surface area contributed by atoms with Gasteiger partial charge in [-0.25, -0.2) is 0 Å². The van der Waals surface area contributed by atoms with Crippen molar-refractivity contribution in [2.45, 2.75) is 0 Å². The van der Waals surface area contributed by atoms with E-state index in [4.69, 9.17) is 0 Å². The molecule has 0 radical (unpaired) electrons. The van der Waals surface area contributed by atoms with Crippen LogP contribution in [0.3, 0.4) is 0 Å². The zero-order chi connectivity index (χ0) is 8.39. The topological polar surface area (TPSA) is 47.6 Å². The quantitative estimate of drug-likeness (QED) is 0.532. The van der Waals surface area contributed by atoms with Gasteiger partial charge in [0.1, 0.15) is 6.54 Å². The molecule has 2 heterocycles. The Kier molecular flexibility index (Phi) is 1.81. The number of rotatable bonds is 1. The molecule has 12 heavy (non-hydrogen) atoms. The zero-order valence-corrected chi connectivity index (χ0v) is 6.53. The predicted molar refractivity (Wildman–Crippen MR) is 43.0 cm³/mol. The number of carbonyl (C=O) groups is 1. The summed E-state index contributed by atoms with van der Waals surface area (Å²) in [5.41, 5.74) is 5.25. The molecule has 1 fully saturated rings. The molecule has 0 saturated carbocycles. The van der Waals surface area contributed by atoms with E-state index in [9.17, 15) is 4.79 Å². The van der Waals surface area contributed by atoms with E-state index in [2.05, 4.69) is 11.0 Å². The number of nitrogens with one attached hydrogen (secondary N) is 2. The first-order valence-electron chi connectivity index (χ1n) is 3.78. The van der Waals surface area contributed by atoms with Gasteiger partial charge in [-0.05, 0) is 6.08 Å². The molecule has 0 unspecified atom stereocenters. The summed E-state index contributed by atoms with van der Waals surface area (Å²) < 4.78 is 0. The molecule has 2 N–H and O–H groups in total. The van der Waals surface area contributed by atoms with E-state index in [0.717, 1.165) is 6.54 Å². The minimum absolute atomic E-state index is 0.0158. The summed E-state index contributed by atoms with van der Waals surface area (Å²) in [4.78, 5) is 10.8. The fraction of sp³-hybridized carbons (Fsp3) is 0.286. The van der Waals surface area contributed by atoms with E-state index in [1.165, 1.54) is 0 Å². The first-order chi connectivity index (χ1) is 5.86. The smallest absolute Gasteiger partial charge is 0.252 e. The monoisotopic (exact) mass is 166 g/mol. The summed E-state index contributed by atoms with van der Waals surface area (Å²) in [5.74, 6) is -0.0158. The third-order valence-electron chi connectivity index (χ3n) is 1.73. The molecule has 0 spiro atoms. The largest absolute Gasteiger partial charge is 0.294 e. The molecular formula is C7H10N4O. The van der Waals surface area contributed by atoms with Crippen molar-refractivity contribution in [3.8, 4) is 0 Å². The summed E-state index contributed by atoms with van der Waals surface area (Å²) in [6, 6.07) is 0. The fourth-order valence-corrected chi connectivity index (χ4v) is 1.13. The van der Waals surface area contributed by atoms with E-state index in [0.29, 0.717) is 6.54 Å². The van der Waals surface area contributed by atoms with Crippen molar-refractivity contribution in [2.75, 3.05) is 13.1 Å². The van der Waals surface area contributed by atoms with Gasteiger partial charge in [-0.3, -0.25) is 15.2 Å². The molecule has 0 atom stereocenters. The Bertz CT molecular complexity index is 248. The second-order valence-electron chi connectivity index (χ2n) is 2.61. The average molecular weight is 166 g/mol. The molecule has 0 aromatic rings. The van der Waals surface area contributed by atoms with Crippen molar-refractivity contribution in [3.05, 3.63) is 24.4 Å². The molecule has 2 aliphatic rings. The van der Waals surface area contributed by atoms with E-state index in [1.54, 1.807) is 5.12 Å². The Labute approximate surface area is 70.2 Å². The summed E-state index contributed by atoms with van der Waals surface area (Å²) >= 11 is 0. The number of hydrogen-bond donors (Lipinski definition) is 2. The van der Waals surface area contributed by atoms with Crippen LogP contribution in [0, 0.1) is 0 Å². The van der Waals surface area contributed by atoms with Crippen LogP contribution in [0.15, 0.2) is 24.4 Å². The van der Waals surface area contributed by atoms with Crippen LogP contribution in [0.2, 0.25) is 0 Å². The number of hydrazine groups is 3. The van der Waals surface area contributed by atoms with Crippen molar-refractivity contribution in [1.82, 2.24) is 21.1 Å². The molecule has 5 nitrogen and oxygen atoms in total. The first-order valence-corrected chi connectivity index (χ1v) is 3.78. The van der Waals surface area contributed by atoms with Crippen LogP contribution in [0.4, 0.5) is 0 Å². The molecule has 1 saturated heterocycles. The van der Waals surface area contributed by atoms with Gasteiger partial charge in [0.2, 0.25) is 0 Å². The summed E-state index contributed by atoms with van der Waals surface area (Å²) in [6.07, 6.45) is 7.83. The van der Waals surface area contributed by atoms with Gasteiger partial charge in [0.25, 0.3) is 5.91 Å². The highest BCUT2D eigenvalue weighted by atomic mass is 16.2. The van der Waals surface area contributed by atoms with Crippen LogP contribution in [0.5, 0.6) is 0 Å². The van der Waals surface area contributed by atoms with Gasteiger partial charge < -0.3 is 0 Å². The fourth-order valence-electron chi connectivity index (χ4n) is 1.13. The minimum atomic E-state index is -0.0158. The molecule has 64 valence electrons. The highest BCUT2D eigenvalue weighted by Crippen LogP contribution is 2.02. The number of carbonyl (C=O) groups excluding carboxylic acids is 1. The van der Waals surface area contributed by atoms with Gasteiger partial charge in [0, 0.05) is 6.20 Å². The predicted octanol–water partition coefficient (Wildman–Crippen LogP) is -0.862. The van der Waals surface area contributed by atoms with Gasteiger partial charge in [-0.2, -0.15) is 0 Å². The van der Waals surface area contributed by atoms with Crippen molar-refractivity contribution >= 4 is 5.91 Å². The number of allylic oxidation sites excluding steroid dienone is 2. The number of amides is 1. The standard InChI is InChI=1S/C7H10N4O/c12-7-6-11(9-8-7)10-4-2-1-3-5-10/h1-4,9H,5-6H2,(H,8,12). The summed E-state index contributed by atoms with van der Waals surface area (Å²) in [7, 11) is 0. The second kappa shape index (κ2) is 2.96. The highest BCUT2D eigenvalue weighted by molar-refractivity contribution is 5.78. The maximum absolute atomic E-state index is 10.8. The van der Waals surface area contributed by atoms with Gasteiger partial charge in [-0.15, -0.1) is 10.7 Å². The first kappa shape index (κ1) is 7.33. The average Bonchev–Trinajstić information content (AvgIpc) is 2.54. The van der Waals surface area contributed by atoms with Crippen LogP contribution >= 0.6 is 0 Å². The normalized spacial score (nSPS) is 23.3. The van der Waals surface area contributed by atoms with E-state index in [-0.39, 0.29) is 5.91 Å². The van der Waals surface area contributed by atoms with Gasteiger partial charge in [0.15, 0.2) is 0 Å². The minimum Gasteiger partial charge on any atom is -0.294 e. The molecule has 0 aromatic heterocycles. The lowest BCUT2D eigenvalue weighted by atomic mass is 10.4. The Hall–Kier alpha value is -1.33. The maximum atomic E-state index is 10.8. The van der Waals surface area contributed by atoms with Gasteiger partial charge in [-0.1, -0.05) is 12.2 Å². The van der Waals surface area contributed by atoms with E-state index in [1.807, 2.05) is 29.4 Å². The SMILES string of the molecule is O=C1CN(N2C=CC=CC2)NN1. The van der Waals surface area contributed by atoms with Crippen molar-refractivity contribution in [3.63, 3.8) is 0 Å². The maximum Gasteiger partial charge on any atom is 0.252 e. The van der Waals surface area contributed by atoms with Crippen molar-refractivity contribution in [2.24, 2.45) is 0 Å². The molecular weight excluding hydrogens is 156 g/mol. The second-order valence-corrected chi connectivity index (χ2v) is 2.61. The highest BCUT2D eigenvalue weighted by Gasteiger charge is 2.21. The number of nitrogens with zero attached hydrogens (tertiary/aromatic N) is 2. The van der Waals surface area contributed by atoms with Crippen LogP contribution in [0.1, 0.15) is 0 Å². The lowest BCUT2D eigenvalue weighted by Gasteiger charge is -2.28. The van der Waals surface area contributed by atoms with E-state index >= 15 is 0 Å². The summed E-state index contributed by atoms with van der Waals surface area (Å²) in [5, 5.41) is 3.64. The Morgan fingerprint density at radius 3 is 2.92 bits per heavy atom. The third-order valence-corrected chi connectivity index (χ3v) is 1.73. The Morgan fingerprint density at radius 2 is 2.33 bits per heavy atom. The molecule has 2 aliphatic heterocycles. The lowest BCUT2D eigenvalue weighted by Crippen LogP contribution is -2.46. The molecule has 0 aliphatic carbocycles. The third kappa shape index (κ3) is 1.32. The molecule has 0 bridgehead atoms. The van der Waals surface area contributed by atoms with Crippen LogP contribution < -0.4 is 11.0 Å². The lowest BCUT2D eigenvalue weighted by molar-refractivity contribution is -0.119. The van der Waals surface area contributed by atoms with Crippen molar-refractivity contribution < 1.29 is 4.79 Å². The molecule has 0 aromatic carbocycles. The van der Waals surface area contributed by atoms with E-state index < -0.39 is 0 Å².